The predicted molar refractivity (Wildman–Crippen MR) is 151 cm³/mol. The van der Waals surface area contributed by atoms with Crippen LogP contribution in [0.5, 0.6) is 11.5 Å². The Kier molecular flexibility index (Phi) is 8.43. The molecule has 1 heterocycles. The Balaban J connectivity index is 1.58. The monoisotopic (exact) mass is 668 g/mol. The van der Waals surface area contributed by atoms with E-state index in [9.17, 15) is 33.4 Å². The Morgan fingerprint density at radius 2 is 1.70 bits per heavy atom. The van der Waals surface area contributed by atoms with Gasteiger partial charge in [-0.05, 0) is 69.7 Å². The van der Waals surface area contributed by atoms with Gasteiger partial charge in [0.2, 0.25) is 0 Å². The average Bonchev–Trinajstić information content (AvgIpc) is 3.24. The van der Waals surface area contributed by atoms with Crippen molar-refractivity contribution in [2.45, 2.75) is 4.90 Å². The quantitative estimate of drug-likeness (QED) is 0.137. The topological polar surface area (TPSA) is 180 Å². The Hall–Kier alpha value is -3.99. The molecule has 13 nitrogen and oxygen atoms in total. The van der Waals surface area contributed by atoms with E-state index in [4.69, 9.17) is 20.5 Å². The number of hydrogen-bond acceptors (Lipinski definition) is 11. The van der Waals surface area contributed by atoms with Gasteiger partial charge in [-0.15, -0.1) is 0 Å². The maximum Gasteiger partial charge on any atom is 0.339 e. The fourth-order valence-corrected chi connectivity index (χ4v) is 5.89. The van der Waals surface area contributed by atoms with Gasteiger partial charge in [0, 0.05) is 24.3 Å². The Labute approximate surface area is 243 Å². The SMILES string of the molecule is COc1cc(/C=C2/SC(=Nc3ccc([N+](=O)[O-])cc3Cl)NC2=O)cc(Br)c1OS(=O)(=O)c1ccc([N+](=O)[O-])cc1. The van der Waals surface area contributed by atoms with Gasteiger partial charge in [-0.25, -0.2) is 4.99 Å². The van der Waals surface area contributed by atoms with Crippen LogP contribution in [0.15, 0.2) is 73.9 Å². The molecule has 1 amide bonds. The third kappa shape index (κ3) is 6.41. The maximum atomic E-state index is 12.8. The second-order valence-corrected chi connectivity index (χ2v) is 11.5. The number of nitrogens with one attached hydrogen (secondary N) is 1. The van der Waals surface area contributed by atoms with E-state index in [1.54, 1.807) is 0 Å². The smallest absolute Gasteiger partial charge is 0.339 e. The van der Waals surface area contributed by atoms with Gasteiger partial charge >= 0.3 is 10.1 Å². The minimum Gasteiger partial charge on any atom is -0.493 e. The summed E-state index contributed by atoms with van der Waals surface area (Å²) < 4.78 is 36.3. The summed E-state index contributed by atoms with van der Waals surface area (Å²) in [7, 11) is -3.09. The van der Waals surface area contributed by atoms with Gasteiger partial charge in [-0.2, -0.15) is 8.42 Å². The number of hydrogen-bond donors (Lipinski definition) is 1. The minimum atomic E-state index is -4.38. The number of nitro benzene ring substituents is 2. The van der Waals surface area contributed by atoms with E-state index >= 15 is 0 Å². The first-order valence-electron chi connectivity index (χ1n) is 10.7. The van der Waals surface area contributed by atoms with Crippen molar-refractivity contribution in [1.29, 1.82) is 0 Å². The van der Waals surface area contributed by atoms with E-state index < -0.39 is 25.9 Å². The number of aliphatic imine (C=N–C) groups is 1. The lowest BCUT2D eigenvalue weighted by molar-refractivity contribution is -0.385. The van der Waals surface area contributed by atoms with Gasteiger partial charge in [0.15, 0.2) is 16.7 Å². The number of benzene rings is 3. The van der Waals surface area contributed by atoms with Gasteiger partial charge < -0.3 is 14.2 Å². The van der Waals surface area contributed by atoms with Crippen LogP contribution in [0.25, 0.3) is 6.08 Å². The molecule has 0 aliphatic carbocycles. The average molecular weight is 670 g/mol. The van der Waals surface area contributed by atoms with Gasteiger partial charge in [0.05, 0.1) is 37.0 Å². The molecule has 17 heteroatoms. The van der Waals surface area contributed by atoms with Crippen LogP contribution in [0.4, 0.5) is 17.1 Å². The molecule has 4 rings (SSSR count). The van der Waals surface area contributed by atoms with E-state index in [0.29, 0.717) is 5.56 Å². The molecule has 0 radical (unpaired) electrons. The number of non-ortho nitro benzene ring substituents is 2. The second kappa shape index (κ2) is 11.6. The number of thioether (sulfide) groups is 1. The highest BCUT2D eigenvalue weighted by Crippen LogP contribution is 2.40. The molecule has 1 fully saturated rings. The fraction of sp³-hybridized carbons (Fsp3) is 0.0435. The third-order valence-corrected chi connectivity index (χ3v) is 8.13. The van der Waals surface area contributed by atoms with Crippen molar-refractivity contribution >= 4 is 83.6 Å². The van der Waals surface area contributed by atoms with Gasteiger partial charge in [0.25, 0.3) is 17.3 Å². The van der Waals surface area contributed by atoms with Gasteiger partial charge in [-0.3, -0.25) is 25.0 Å². The normalized spacial score (nSPS) is 15.2. The van der Waals surface area contributed by atoms with Crippen LogP contribution in [0.3, 0.4) is 0 Å². The first kappa shape index (κ1) is 29.0. The Bertz CT molecular complexity index is 1730. The molecular formula is C23H14BrClN4O9S2. The van der Waals surface area contributed by atoms with Crippen LogP contribution in [0.1, 0.15) is 5.56 Å². The zero-order valence-corrected chi connectivity index (χ0v) is 23.8. The first-order valence-corrected chi connectivity index (χ1v) is 14.1. The molecule has 1 saturated heterocycles. The van der Waals surface area contributed by atoms with Crippen molar-refractivity contribution in [3.05, 3.63) is 94.8 Å². The number of nitro groups is 2. The molecule has 3 aromatic rings. The minimum absolute atomic E-state index is 0.0154. The number of nitrogens with zero attached hydrogens (tertiary/aromatic N) is 3. The highest BCUT2D eigenvalue weighted by molar-refractivity contribution is 9.10. The summed E-state index contributed by atoms with van der Waals surface area (Å²) in [6.07, 6.45) is 1.50. The van der Waals surface area contributed by atoms with E-state index in [1.807, 2.05) is 0 Å². The summed E-state index contributed by atoms with van der Waals surface area (Å²) in [5.74, 6) is -0.638. The van der Waals surface area contributed by atoms with Crippen LogP contribution >= 0.6 is 39.3 Å². The number of amides is 1. The van der Waals surface area contributed by atoms with E-state index in [0.717, 1.165) is 42.1 Å². The molecule has 0 unspecified atom stereocenters. The van der Waals surface area contributed by atoms with Crippen LogP contribution in [0.2, 0.25) is 5.02 Å². The summed E-state index contributed by atoms with van der Waals surface area (Å²) >= 11 is 10.3. The number of carbonyl (C=O) groups excluding carboxylic acids is 1. The molecule has 0 aromatic heterocycles. The third-order valence-electron chi connectivity index (χ3n) is 5.09. The fourth-order valence-electron chi connectivity index (χ4n) is 3.24. The van der Waals surface area contributed by atoms with Crippen LogP contribution in [-0.4, -0.2) is 36.4 Å². The molecule has 0 saturated carbocycles. The van der Waals surface area contributed by atoms with Gasteiger partial charge in [0.1, 0.15) is 4.90 Å². The van der Waals surface area contributed by atoms with Crippen LogP contribution < -0.4 is 14.2 Å². The summed E-state index contributed by atoms with van der Waals surface area (Å²) in [6.45, 7) is 0. The molecule has 40 heavy (non-hydrogen) atoms. The molecule has 1 aliphatic heterocycles. The number of carbonyl (C=O) groups is 1. The summed E-state index contributed by atoms with van der Waals surface area (Å²) in [5.41, 5.74) is 0.172. The highest BCUT2D eigenvalue weighted by atomic mass is 79.9. The first-order chi connectivity index (χ1) is 18.9. The lowest BCUT2D eigenvalue weighted by atomic mass is 10.2. The number of rotatable bonds is 8. The van der Waals surface area contributed by atoms with Crippen molar-refractivity contribution in [2.24, 2.45) is 4.99 Å². The highest BCUT2D eigenvalue weighted by Gasteiger charge is 2.26. The lowest BCUT2D eigenvalue weighted by Crippen LogP contribution is -2.19. The van der Waals surface area contributed by atoms with E-state index in [1.165, 1.54) is 37.5 Å². The molecule has 0 spiro atoms. The van der Waals surface area contributed by atoms with Crippen molar-refractivity contribution in [1.82, 2.24) is 5.32 Å². The largest absolute Gasteiger partial charge is 0.493 e. The van der Waals surface area contributed by atoms with Crippen LogP contribution in [-0.2, 0) is 14.9 Å². The summed E-state index contributed by atoms with van der Waals surface area (Å²) in [4.78, 5) is 37.2. The molecule has 3 aromatic carbocycles. The number of amidine groups is 1. The molecule has 1 aliphatic rings. The van der Waals surface area contributed by atoms with Crippen molar-refractivity contribution < 1.29 is 32.0 Å². The summed E-state index contributed by atoms with van der Waals surface area (Å²) in [5, 5.41) is 24.5. The molecule has 206 valence electrons. The zero-order valence-electron chi connectivity index (χ0n) is 19.9. The van der Waals surface area contributed by atoms with E-state index in [-0.39, 0.29) is 53.0 Å². The lowest BCUT2D eigenvalue weighted by Gasteiger charge is -2.13. The summed E-state index contributed by atoms with van der Waals surface area (Å²) in [6, 6.07) is 10.8. The molecule has 1 N–H and O–H groups in total. The maximum absolute atomic E-state index is 12.8. The number of ether oxygens (including phenoxy) is 1. The molecule has 0 bridgehead atoms. The van der Waals surface area contributed by atoms with Gasteiger partial charge in [-0.1, -0.05) is 11.6 Å². The van der Waals surface area contributed by atoms with E-state index in [2.05, 4.69) is 26.2 Å². The Morgan fingerprint density at radius 3 is 2.30 bits per heavy atom. The number of halogens is 2. The molecular weight excluding hydrogens is 656 g/mol. The van der Waals surface area contributed by atoms with Crippen LogP contribution in [0, 0.1) is 20.2 Å². The van der Waals surface area contributed by atoms with Crippen molar-refractivity contribution in [2.75, 3.05) is 7.11 Å². The van der Waals surface area contributed by atoms with Crippen molar-refractivity contribution in [3.63, 3.8) is 0 Å². The zero-order chi connectivity index (χ0) is 29.2. The standard InChI is InChI=1S/C23H14BrClN4O9S2/c1-37-19-9-12(8-16(24)21(19)38-40(35,36)15-5-2-13(3-6-15)28(31)32)10-20-22(30)27-23(39-20)26-18-7-4-14(29(33)34)11-17(18)25/h2-11H,1H3,(H,26,27,30)/b20-10+. The second-order valence-electron chi connectivity index (χ2n) is 7.70. The number of methoxy groups -OCH3 is 1. The predicted octanol–water partition coefficient (Wildman–Crippen LogP) is 5.59. The Morgan fingerprint density at radius 1 is 1.05 bits per heavy atom. The molecule has 0 atom stereocenters. The van der Waals surface area contributed by atoms with Crippen molar-refractivity contribution in [3.8, 4) is 11.5 Å².